The van der Waals surface area contributed by atoms with E-state index in [0.29, 0.717) is 27.8 Å². The summed E-state index contributed by atoms with van der Waals surface area (Å²) < 4.78 is 42.1. The van der Waals surface area contributed by atoms with Gasteiger partial charge in [-0.1, -0.05) is 17.7 Å². The number of fused-ring (bicyclic) bond motifs is 1. The van der Waals surface area contributed by atoms with Crippen LogP contribution in [0.15, 0.2) is 47.5 Å². The van der Waals surface area contributed by atoms with Crippen molar-refractivity contribution < 1.29 is 17.5 Å². The average molecular weight is 367 g/mol. The number of nitrogens with zero attached hydrogens (tertiary/aromatic N) is 1. The number of hydrogen-bond donors (Lipinski definition) is 1. The Hall–Kier alpha value is -2.22. The average Bonchev–Trinajstić information content (AvgIpc) is 2.55. The fourth-order valence-corrected chi connectivity index (χ4v) is 3.13. The van der Waals surface area contributed by atoms with Crippen LogP contribution in [0, 0.1) is 5.82 Å². The van der Waals surface area contributed by atoms with E-state index in [0.717, 1.165) is 0 Å². The first-order valence-electron chi connectivity index (χ1n) is 6.76. The summed E-state index contributed by atoms with van der Waals surface area (Å²) in [4.78, 5) is 4.27. The SMILES string of the molecule is COc1cc(Cl)c(F)cc1-c1nccc2cc(S(N)(=O)=O)ccc12. The van der Waals surface area contributed by atoms with E-state index >= 15 is 0 Å². The van der Waals surface area contributed by atoms with E-state index in [1.54, 1.807) is 12.1 Å². The highest BCUT2D eigenvalue weighted by atomic mass is 35.5. The first-order chi connectivity index (χ1) is 11.3. The van der Waals surface area contributed by atoms with E-state index in [4.69, 9.17) is 21.5 Å². The Morgan fingerprint density at radius 1 is 1.21 bits per heavy atom. The third kappa shape index (κ3) is 2.93. The fourth-order valence-electron chi connectivity index (χ4n) is 2.43. The molecule has 0 bridgehead atoms. The number of primary sulfonamides is 1. The lowest BCUT2D eigenvalue weighted by atomic mass is 10.0. The Morgan fingerprint density at radius 2 is 1.96 bits per heavy atom. The number of methoxy groups -OCH3 is 1. The molecule has 0 fully saturated rings. The summed E-state index contributed by atoms with van der Waals surface area (Å²) in [5, 5.41) is 6.32. The highest BCUT2D eigenvalue weighted by Crippen LogP contribution is 2.36. The predicted octanol–water partition coefficient (Wildman–Crippen LogP) is 3.35. The Labute approximate surface area is 142 Å². The lowest BCUT2D eigenvalue weighted by Crippen LogP contribution is -2.11. The molecule has 0 aliphatic rings. The van der Waals surface area contributed by atoms with Crippen molar-refractivity contribution in [3.8, 4) is 17.0 Å². The van der Waals surface area contributed by atoms with E-state index < -0.39 is 15.8 Å². The summed E-state index contributed by atoms with van der Waals surface area (Å²) in [6.45, 7) is 0. The van der Waals surface area contributed by atoms with E-state index in [2.05, 4.69) is 4.98 Å². The van der Waals surface area contributed by atoms with Gasteiger partial charge in [0.05, 0.1) is 22.7 Å². The van der Waals surface area contributed by atoms with Crippen molar-refractivity contribution in [3.05, 3.63) is 53.4 Å². The molecule has 3 rings (SSSR count). The van der Waals surface area contributed by atoms with Crippen molar-refractivity contribution in [1.29, 1.82) is 0 Å². The molecule has 2 aromatic carbocycles. The summed E-state index contributed by atoms with van der Waals surface area (Å²) in [6, 6.07) is 8.63. The van der Waals surface area contributed by atoms with Crippen molar-refractivity contribution in [2.45, 2.75) is 4.90 Å². The molecular weight excluding hydrogens is 355 g/mol. The molecule has 0 aliphatic heterocycles. The van der Waals surface area contributed by atoms with Crippen molar-refractivity contribution in [3.63, 3.8) is 0 Å². The van der Waals surface area contributed by atoms with Gasteiger partial charge in [-0.3, -0.25) is 4.98 Å². The Morgan fingerprint density at radius 3 is 2.62 bits per heavy atom. The zero-order valence-corrected chi connectivity index (χ0v) is 14.0. The largest absolute Gasteiger partial charge is 0.496 e. The molecule has 0 spiro atoms. The Kier molecular flexibility index (Phi) is 4.16. The van der Waals surface area contributed by atoms with Crippen LogP contribution in [-0.2, 0) is 10.0 Å². The molecule has 1 aromatic heterocycles. The monoisotopic (exact) mass is 366 g/mol. The van der Waals surface area contributed by atoms with Gasteiger partial charge in [0.25, 0.3) is 0 Å². The number of pyridine rings is 1. The number of rotatable bonds is 3. The van der Waals surface area contributed by atoms with Crippen LogP contribution in [0.3, 0.4) is 0 Å². The van der Waals surface area contributed by atoms with Crippen molar-refractivity contribution >= 4 is 32.4 Å². The molecule has 5 nitrogen and oxygen atoms in total. The number of aromatic nitrogens is 1. The van der Waals surface area contributed by atoms with Gasteiger partial charge in [-0.2, -0.15) is 0 Å². The number of hydrogen-bond acceptors (Lipinski definition) is 4. The molecule has 1 heterocycles. The van der Waals surface area contributed by atoms with Crippen LogP contribution < -0.4 is 9.88 Å². The summed E-state index contributed by atoms with van der Waals surface area (Å²) in [5.41, 5.74) is 0.856. The minimum Gasteiger partial charge on any atom is -0.496 e. The normalized spacial score (nSPS) is 11.7. The maximum atomic E-state index is 13.9. The van der Waals surface area contributed by atoms with Gasteiger partial charge in [-0.15, -0.1) is 0 Å². The highest BCUT2D eigenvalue weighted by molar-refractivity contribution is 7.89. The molecule has 124 valence electrons. The van der Waals surface area contributed by atoms with Gasteiger partial charge >= 0.3 is 0 Å². The first-order valence-corrected chi connectivity index (χ1v) is 8.68. The highest BCUT2D eigenvalue weighted by Gasteiger charge is 2.16. The predicted molar refractivity (Wildman–Crippen MR) is 90.1 cm³/mol. The summed E-state index contributed by atoms with van der Waals surface area (Å²) in [6.07, 6.45) is 1.50. The minimum atomic E-state index is -3.82. The minimum absolute atomic E-state index is 0.0126. The van der Waals surface area contributed by atoms with Crippen molar-refractivity contribution in [1.82, 2.24) is 4.98 Å². The lowest BCUT2D eigenvalue weighted by Gasteiger charge is -2.12. The summed E-state index contributed by atoms with van der Waals surface area (Å²) in [5.74, 6) is -0.246. The van der Waals surface area contributed by atoms with Gasteiger partial charge in [0.2, 0.25) is 10.0 Å². The Bertz CT molecular complexity index is 1050. The molecule has 24 heavy (non-hydrogen) atoms. The second-order valence-corrected chi connectivity index (χ2v) is 7.02. The fraction of sp³-hybridized carbons (Fsp3) is 0.0625. The lowest BCUT2D eigenvalue weighted by molar-refractivity contribution is 0.415. The molecule has 0 atom stereocenters. The van der Waals surface area contributed by atoms with Crippen LogP contribution in [0.4, 0.5) is 4.39 Å². The Balaban J connectivity index is 2.30. The van der Waals surface area contributed by atoms with E-state index in [9.17, 15) is 12.8 Å². The van der Waals surface area contributed by atoms with E-state index in [1.165, 1.54) is 37.6 Å². The third-order valence-corrected chi connectivity index (χ3v) is 4.76. The molecular formula is C16H12ClFN2O3S. The van der Waals surface area contributed by atoms with Gasteiger partial charge in [-0.05, 0) is 29.7 Å². The van der Waals surface area contributed by atoms with Gasteiger partial charge < -0.3 is 4.74 Å². The zero-order chi connectivity index (χ0) is 17.5. The van der Waals surface area contributed by atoms with E-state index in [-0.39, 0.29) is 9.92 Å². The van der Waals surface area contributed by atoms with E-state index in [1.807, 2.05) is 0 Å². The van der Waals surface area contributed by atoms with Crippen molar-refractivity contribution in [2.24, 2.45) is 5.14 Å². The maximum absolute atomic E-state index is 13.9. The third-order valence-electron chi connectivity index (χ3n) is 3.56. The molecule has 2 N–H and O–H groups in total. The number of benzene rings is 2. The maximum Gasteiger partial charge on any atom is 0.238 e. The molecule has 3 aromatic rings. The van der Waals surface area contributed by atoms with Crippen LogP contribution in [0.5, 0.6) is 5.75 Å². The van der Waals surface area contributed by atoms with Crippen LogP contribution in [0.1, 0.15) is 0 Å². The van der Waals surface area contributed by atoms with Gasteiger partial charge in [0, 0.05) is 23.2 Å². The summed E-state index contributed by atoms with van der Waals surface area (Å²) in [7, 11) is -2.38. The number of nitrogens with two attached hydrogens (primary N) is 1. The second-order valence-electron chi connectivity index (χ2n) is 5.05. The van der Waals surface area contributed by atoms with Gasteiger partial charge in [0.15, 0.2) is 0 Å². The number of sulfonamides is 1. The standard InChI is InChI=1S/C16H12ClFN2O3S/c1-23-15-8-13(17)14(18)7-12(15)16-11-3-2-10(24(19,21)22)6-9(11)4-5-20-16/h2-8H,1H3,(H2,19,21,22). The molecule has 0 aliphatic carbocycles. The molecule has 0 saturated heterocycles. The number of ether oxygens (including phenoxy) is 1. The first kappa shape index (κ1) is 16.6. The number of halogens is 2. The second kappa shape index (κ2) is 6.01. The molecule has 0 unspecified atom stereocenters. The smallest absolute Gasteiger partial charge is 0.238 e. The summed E-state index contributed by atoms with van der Waals surface area (Å²) >= 11 is 5.79. The topological polar surface area (TPSA) is 82.3 Å². The van der Waals surface area contributed by atoms with Crippen LogP contribution in [-0.4, -0.2) is 20.5 Å². The van der Waals surface area contributed by atoms with Gasteiger partial charge in [0.1, 0.15) is 11.6 Å². The van der Waals surface area contributed by atoms with Crippen LogP contribution in [0.25, 0.3) is 22.0 Å². The zero-order valence-electron chi connectivity index (χ0n) is 12.5. The van der Waals surface area contributed by atoms with Crippen LogP contribution in [0.2, 0.25) is 5.02 Å². The molecule has 8 heteroatoms. The van der Waals surface area contributed by atoms with Gasteiger partial charge in [-0.25, -0.2) is 17.9 Å². The van der Waals surface area contributed by atoms with Crippen molar-refractivity contribution in [2.75, 3.05) is 7.11 Å². The molecule has 0 amide bonds. The van der Waals surface area contributed by atoms with Crippen LogP contribution >= 0.6 is 11.6 Å². The molecule has 0 saturated carbocycles. The molecule has 0 radical (unpaired) electrons. The quantitative estimate of drug-likeness (QED) is 0.770.